The molecule has 2 aromatic rings. The van der Waals surface area contributed by atoms with Gasteiger partial charge in [-0.1, -0.05) is 48.6 Å². The Bertz CT molecular complexity index is 647. The van der Waals surface area contributed by atoms with Crippen LogP contribution in [0, 0.1) is 23.0 Å². The molecule has 2 N–H and O–H groups in total. The van der Waals surface area contributed by atoms with Gasteiger partial charge in [-0.3, -0.25) is 0 Å². The van der Waals surface area contributed by atoms with Crippen LogP contribution in [-0.2, 0) is 6.42 Å². The van der Waals surface area contributed by atoms with Crippen LogP contribution in [-0.4, -0.2) is 10.2 Å². The van der Waals surface area contributed by atoms with Crippen LogP contribution in [0.15, 0.2) is 42.5 Å². The molecule has 0 aromatic heterocycles. The van der Waals surface area contributed by atoms with Gasteiger partial charge in [0.1, 0.15) is 0 Å². The zero-order valence-electron chi connectivity index (χ0n) is 10.1. The lowest BCUT2D eigenvalue weighted by molar-refractivity contribution is 0.502. The lowest BCUT2D eigenvalue weighted by atomic mass is 9.93. The average Bonchev–Trinajstić information content (AvgIpc) is 2.42. The highest BCUT2D eigenvalue weighted by Gasteiger charge is 2.06. The van der Waals surface area contributed by atoms with Gasteiger partial charge in [0.2, 0.25) is 0 Å². The second-order valence-corrected chi connectivity index (χ2v) is 3.67. The Morgan fingerprint density at radius 2 is 1.53 bits per heavy atom. The number of aliphatic hydroxyl groups is 2. The van der Waals surface area contributed by atoms with Gasteiger partial charge in [-0.05, 0) is 28.3 Å². The van der Waals surface area contributed by atoms with Gasteiger partial charge >= 0.3 is 0 Å². The lowest BCUT2D eigenvalue weighted by Crippen LogP contribution is -1.91. The van der Waals surface area contributed by atoms with Gasteiger partial charge in [0.15, 0.2) is 0 Å². The maximum absolute atomic E-state index is 6.88. The van der Waals surface area contributed by atoms with Crippen LogP contribution in [0.1, 0.15) is 11.1 Å². The lowest BCUT2D eigenvalue weighted by Gasteiger charge is -2.11. The second kappa shape index (κ2) is 7.37. The van der Waals surface area contributed by atoms with Crippen LogP contribution >= 0.6 is 0 Å². The van der Waals surface area contributed by atoms with Crippen molar-refractivity contribution in [3.05, 3.63) is 53.6 Å². The predicted molar refractivity (Wildman–Crippen MR) is 71.8 cm³/mol. The summed E-state index contributed by atoms with van der Waals surface area (Å²) >= 11 is 0. The normalized spacial score (nSPS) is 10.0. The maximum Gasteiger partial charge on any atom is 0.283 e. The Balaban J connectivity index is 0.000000261. The third-order valence-corrected chi connectivity index (χ3v) is 2.66. The predicted octanol–water partition coefficient (Wildman–Crippen LogP) is 3.09. The van der Waals surface area contributed by atoms with Crippen molar-refractivity contribution in [2.45, 2.75) is 6.42 Å². The van der Waals surface area contributed by atoms with Gasteiger partial charge in [0.05, 0.1) is 0 Å². The van der Waals surface area contributed by atoms with E-state index in [1.165, 1.54) is 21.9 Å². The SMILES string of the molecule is C1=Cc2cccc3cccc(c23)C1.N#CO.N#CO. The summed E-state index contributed by atoms with van der Waals surface area (Å²) in [6.45, 7) is 0. The number of hydrogen-bond acceptors (Lipinski definition) is 4. The molecule has 0 amide bonds. The smallest absolute Gasteiger partial charge is 0.283 e. The number of nitrogens with zero attached hydrogens (tertiary/aromatic N) is 2. The molecule has 0 spiro atoms. The van der Waals surface area contributed by atoms with E-state index in [0.29, 0.717) is 0 Å². The standard InChI is InChI=1S/C13H10.2CHNO/c1-4-10-6-2-8-12-9-3-7-11(5-1)13(10)12;2*2-1-3/h1-8H,9H2;2*3H. The van der Waals surface area contributed by atoms with Gasteiger partial charge in [-0.15, -0.1) is 0 Å². The quantitative estimate of drug-likeness (QED) is 0.705. The summed E-state index contributed by atoms with van der Waals surface area (Å²) in [6, 6.07) is 13.0. The van der Waals surface area contributed by atoms with Crippen molar-refractivity contribution in [3.63, 3.8) is 0 Å². The second-order valence-electron chi connectivity index (χ2n) is 3.67. The average molecular weight is 252 g/mol. The van der Waals surface area contributed by atoms with Crippen LogP contribution in [0.25, 0.3) is 16.8 Å². The number of aliphatic hydroxyl groups excluding tert-OH is 2. The molecule has 0 aliphatic heterocycles. The van der Waals surface area contributed by atoms with E-state index in [2.05, 4.69) is 48.6 Å². The van der Waals surface area contributed by atoms with E-state index in [-0.39, 0.29) is 0 Å². The monoisotopic (exact) mass is 252 g/mol. The molecule has 0 fully saturated rings. The minimum absolute atomic E-state index is 0.750. The fourth-order valence-corrected chi connectivity index (χ4v) is 2.07. The molecule has 4 heteroatoms. The van der Waals surface area contributed by atoms with Crippen LogP contribution in [0.3, 0.4) is 0 Å². The van der Waals surface area contributed by atoms with Gasteiger partial charge < -0.3 is 10.2 Å². The fraction of sp³-hybridized carbons (Fsp3) is 0.0667. The first kappa shape index (κ1) is 14.1. The minimum atomic E-state index is 0.750. The van der Waals surface area contributed by atoms with Crippen molar-refractivity contribution in [1.29, 1.82) is 10.5 Å². The van der Waals surface area contributed by atoms with E-state index in [4.69, 9.17) is 20.7 Å². The summed E-state index contributed by atoms with van der Waals surface area (Å²) in [5.41, 5.74) is 2.81. The molecule has 0 bridgehead atoms. The number of hydrogen-bond donors (Lipinski definition) is 2. The van der Waals surface area contributed by atoms with Crippen LogP contribution in [0.5, 0.6) is 0 Å². The van der Waals surface area contributed by atoms with E-state index >= 15 is 0 Å². The van der Waals surface area contributed by atoms with Crippen molar-refractivity contribution in [2.75, 3.05) is 0 Å². The summed E-state index contributed by atoms with van der Waals surface area (Å²) in [5, 5.41) is 30.3. The van der Waals surface area contributed by atoms with E-state index in [1.54, 1.807) is 0 Å². The number of allylic oxidation sites excluding steroid dienone is 1. The molecule has 2 aromatic carbocycles. The third kappa shape index (κ3) is 3.49. The first-order chi connectivity index (χ1) is 9.28. The number of nitriles is 2. The van der Waals surface area contributed by atoms with E-state index in [1.807, 2.05) is 0 Å². The Morgan fingerprint density at radius 1 is 0.947 bits per heavy atom. The Kier molecular flexibility index (Phi) is 5.46. The van der Waals surface area contributed by atoms with Gasteiger partial charge in [-0.2, -0.15) is 10.5 Å². The van der Waals surface area contributed by atoms with Crippen molar-refractivity contribution < 1.29 is 10.2 Å². The van der Waals surface area contributed by atoms with E-state index in [0.717, 1.165) is 18.9 Å². The number of rotatable bonds is 0. The molecule has 19 heavy (non-hydrogen) atoms. The zero-order chi connectivity index (χ0) is 14.1. The highest BCUT2D eigenvalue weighted by Crippen LogP contribution is 2.27. The molecule has 0 saturated carbocycles. The van der Waals surface area contributed by atoms with Gasteiger partial charge in [-0.25, -0.2) is 0 Å². The zero-order valence-corrected chi connectivity index (χ0v) is 10.1. The van der Waals surface area contributed by atoms with Crippen molar-refractivity contribution in [1.82, 2.24) is 0 Å². The van der Waals surface area contributed by atoms with Crippen LogP contribution in [0.2, 0.25) is 0 Å². The van der Waals surface area contributed by atoms with Crippen molar-refractivity contribution in [3.8, 4) is 12.5 Å². The molecule has 3 rings (SSSR count). The summed E-state index contributed by atoms with van der Waals surface area (Å²) in [7, 11) is 0. The summed E-state index contributed by atoms with van der Waals surface area (Å²) in [6.07, 6.45) is 7.03. The van der Waals surface area contributed by atoms with Crippen LogP contribution < -0.4 is 0 Å². The molecule has 0 atom stereocenters. The molecular formula is C15H12N2O2. The fourth-order valence-electron chi connectivity index (χ4n) is 2.07. The highest BCUT2D eigenvalue weighted by atomic mass is 16.2. The molecule has 0 saturated heterocycles. The minimum Gasteiger partial charge on any atom is -0.443 e. The van der Waals surface area contributed by atoms with Crippen molar-refractivity contribution >= 4 is 16.8 Å². The Hall–Kier alpha value is -2.98. The maximum atomic E-state index is 6.88. The molecule has 1 aliphatic carbocycles. The molecular weight excluding hydrogens is 240 g/mol. The molecule has 4 nitrogen and oxygen atoms in total. The first-order valence-corrected chi connectivity index (χ1v) is 5.52. The topological polar surface area (TPSA) is 88.0 Å². The highest BCUT2D eigenvalue weighted by molar-refractivity contribution is 5.94. The molecule has 1 aliphatic rings. The summed E-state index contributed by atoms with van der Waals surface area (Å²) < 4.78 is 0. The van der Waals surface area contributed by atoms with Crippen LogP contribution in [0.4, 0.5) is 0 Å². The molecule has 0 heterocycles. The summed E-state index contributed by atoms with van der Waals surface area (Å²) in [5.74, 6) is 0. The summed E-state index contributed by atoms with van der Waals surface area (Å²) in [4.78, 5) is 0. The first-order valence-electron chi connectivity index (χ1n) is 5.52. The molecule has 0 radical (unpaired) electrons. The van der Waals surface area contributed by atoms with Crippen molar-refractivity contribution in [2.24, 2.45) is 0 Å². The third-order valence-electron chi connectivity index (χ3n) is 2.66. The van der Waals surface area contributed by atoms with Gasteiger partial charge in [0.25, 0.3) is 12.5 Å². The Morgan fingerprint density at radius 3 is 2.16 bits per heavy atom. The Labute approximate surface area is 111 Å². The van der Waals surface area contributed by atoms with Gasteiger partial charge in [0, 0.05) is 0 Å². The molecule has 94 valence electrons. The van der Waals surface area contributed by atoms with E-state index in [9.17, 15) is 0 Å². The largest absolute Gasteiger partial charge is 0.443 e. The van der Waals surface area contributed by atoms with E-state index < -0.39 is 0 Å². The molecule has 0 unspecified atom stereocenters. The number of benzene rings is 2.